The van der Waals surface area contributed by atoms with Crippen LogP contribution >= 0.6 is 0 Å². The van der Waals surface area contributed by atoms with E-state index < -0.39 is 11.9 Å². The van der Waals surface area contributed by atoms with Gasteiger partial charge in [0.1, 0.15) is 12.3 Å². The minimum atomic E-state index is -0.479. The van der Waals surface area contributed by atoms with E-state index in [2.05, 4.69) is 5.32 Å². The summed E-state index contributed by atoms with van der Waals surface area (Å²) in [5, 5.41) is 2.63. The summed E-state index contributed by atoms with van der Waals surface area (Å²) >= 11 is 0. The van der Waals surface area contributed by atoms with Gasteiger partial charge in [0.05, 0.1) is 12.8 Å². The third-order valence-electron chi connectivity index (χ3n) is 4.63. The van der Waals surface area contributed by atoms with E-state index in [4.69, 9.17) is 9.47 Å². The van der Waals surface area contributed by atoms with Gasteiger partial charge >= 0.3 is 6.03 Å². The Bertz CT molecular complexity index is 1090. The lowest BCUT2D eigenvalue weighted by atomic mass is 10.1. The van der Waals surface area contributed by atoms with Gasteiger partial charge in [-0.25, -0.2) is 9.69 Å². The number of urea groups is 1. The SMILES string of the molecule is COc1cc(C=C2NC(=O)N(c3ccccc3)C2=O)ccc1OCc1ccccc1. The quantitative estimate of drug-likeness (QED) is 0.493. The minimum absolute atomic E-state index is 0.198. The molecule has 3 aromatic rings. The molecule has 0 unspecified atom stereocenters. The van der Waals surface area contributed by atoms with E-state index in [9.17, 15) is 9.59 Å². The third kappa shape index (κ3) is 4.03. The fourth-order valence-corrected chi connectivity index (χ4v) is 3.14. The molecule has 0 aliphatic carbocycles. The highest BCUT2D eigenvalue weighted by atomic mass is 16.5. The molecular weight excluding hydrogens is 380 g/mol. The molecule has 1 aliphatic rings. The second-order valence-electron chi connectivity index (χ2n) is 6.65. The maximum Gasteiger partial charge on any atom is 0.333 e. The Morgan fingerprint density at radius 3 is 2.30 bits per heavy atom. The maximum atomic E-state index is 12.7. The van der Waals surface area contributed by atoms with Crippen LogP contribution in [0.1, 0.15) is 11.1 Å². The number of carbonyl (C=O) groups is 2. The standard InChI is InChI=1S/C24H20N2O4/c1-29-22-15-18(12-13-21(22)30-16-17-8-4-2-5-9-17)14-20-23(27)26(24(28)25-20)19-10-6-3-7-11-19/h2-15H,16H2,1H3,(H,25,28). The summed E-state index contributed by atoms with van der Waals surface area (Å²) in [7, 11) is 1.56. The Balaban J connectivity index is 1.53. The van der Waals surface area contributed by atoms with Crippen LogP contribution in [0.4, 0.5) is 10.5 Å². The highest BCUT2D eigenvalue weighted by Crippen LogP contribution is 2.30. The molecule has 0 radical (unpaired) electrons. The third-order valence-corrected chi connectivity index (χ3v) is 4.63. The molecule has 1 heterocycles. The van der Waals surface area contributed by atoms with Crippen LogP contribution in [0.3, 0.4) is 0 Å². The highest BCUT2D eigenvalue weighted by molar-refractivity contribution is 6.28. The molecule has 4 rings (SSSR count). The van der Waals surface area contributed by atoms with Crippen molar-refractivity contribution in [3.63, 3.8) is 0 Å². The number of hydrogen-bond donors (Lipinski definition) is 1. The van der Waals surface area contributed by atoms with Gasteiger partial charge in [-0.15, -0.1) is 0 Å². The minimum Gasteiger partial charge on any atom is -0.493 e. The predicted octanol–water partition coefficient (Wildman–Crippen LogP) is 4.37. The van der Waals surface area contributed by atoms with E-state index in [1.54, 1.807) is 55.7 Å². The molecule has 3 amide bonds. The zero-order chi connectivity index (χ0) is 20.9. The summed E-state index contributed by atoms with van der Waals surface area (Å²) in [6.07, 6.45) is 1.62. The van der Waals surface area contributed by atoms with Crippen molar-refractivity contribution >= 4 is 23.7 Å². The fraction of sp³-hybridized carbons (Fsp3) is 0.0833. The summed E-state index contributed by atoms with van der Waals surface area (Å²) in [5.41, 5.74) is 2.47. The van der Waals surface area contributed by atoms with E-state index in [1.165, 1.54) is 0 Å². The van der Waals surface area contributed by atoms with Crippen LogP contribution in [-0.4, -0.2) is 19.0 Å². The Morgan fingerprint density at radius 1 is 0.900 bits per heavy atom. The first-order chi connectivity index (χ1) is 14.7. The Kier molecular flexibility index (Phi) is 5.48. The van der Waals surface area contributed by atoms with Gasteiger partial charge in [0.15, 0.2) is 11.5 Å². The summed E-state index contributed by atoms with van der Waals surface area (Å²) in [6, 6.07) is 23.5. The number of methoxy groups -OCH3 is 1. The van der Waals surface area contributed by atoms with Gasteiger partial charge in [0.2, 0.25) is 0 Å². The van der Waals surface area contributed by atoms with E-state index in [0.29, 0.717) is 29.4 Å². The van der Waals surface area contributed by atoms with Gasteiger partial charge < -0.3 is 14.8 Å². The van der Waals surface area contributed by atoms with Crippen molar-refractivity contribution in [2.24, 2.45) is 0 Å². The first-order valence-corrected chi connectivity index (χ1v) is 9.42. The number of benzene rings is 3. The summed E-state index contributed by atoms with van der Waals surface area (Å²) < 4.78 is 11.3. The van der Waals surface area contributed by atoms with Crippen molar-refractivity contribution in [2.75, 3.05) is 12.0 Å². The van der Waals surface area contributed by atoms with Crippen LogP contribution in [0.25, 0.3) is 6.08 Å². The molecule has 1 aliphatic heterocycles. The zero-order valence-corrected chi connectivity index (χ0v) is 16.4. The van der Waals surface area contributed by atoms with Crippen molar-refractivity contribution < 1.29 is 19.1 Å². The number of anilines is 1. The van der Waals surface area contributed by atoms with Crippen molar-refractivity contribution in [3.05, 3.63) is 95.7 Å². The predicted molar refractivity (Wildman–Crippen MR) is 114 cm³/mol. The number of carbonyl (C=O) groups excluding carboxylic acids is 2. The largest absolute Gasteiger partial charge is 0.493 e. The number of nitrogens with one attached hydrogen (secondary N) is 1. The van der Waals surface area contributed by atoms with Crippen molar-refractivity contribution in [3.8, 4) is 11.5 Å². The average molecular weight is 400 g/mol. The fourth-order valence-electron chi connectivity index (χ4n) is 3.14. The molecule has 0 atom stereocenters. The number of nitrogens with zero attached hydrogens (tertiary/aromatic N) is 1. The van der Waals surface area contributed by atoms with Gasteiger partial charge in [-0.05, 0) is 41.5 Å². The molecule has 3 aromatic carbocycles. The normalized spacial score (nSPS) is 14.7. The molecule has 1 saturated heterocycles. The Hall–Kier alpha value is -4.06. The van der Waals surface area contributed by atoms with E-state index >= 15 is 0 Å². The lowest BCUT2D eigenvalue weighted by Crippen LogP contribution is -2.30. The van der Waals surface area contributed by atoms with Gasteiger partial charge in [-0.1, -0.05) is 54.6 Å². The topological polar surface area (TPSA) is 67.9 Å². The van der Waals surface area contributed by atoms with Crippen LogP contribution < -0.4 is 19.7 Å². The molecular formula is C24H20N2O4. The number of rotatable bonds is 6. The lowest BCUT2D eigenvalue weighted by molar-refractivity contribution is -0.113. The van der Waals surface area contributed by atoms with Crippen molar-refractivity contribution in [2.45, 2.75) is 6.61 Å². The smallest absolute Gasteiger partial charge is 0.333 e. The molecule has 6 nitrogen and oxygen atoms in total. The number of amides is 3. The summed E-state index contributed by atoms with van der Waals surface area (Å²) in [6.45, 7) is 0.415. The van der Waals surface area contributed by atoms with Crippen LogP contribution in [0.2, 0.25) is 0 Å². The molecule has 0 bridgehead atoms. The molecule has 1 N–H and O–H groups in total. The number of para-hydroxylation sites is 1. The number of hydrogen-bond acceptors (Lipinski definition) is 4. The molecule has 0 spiro atoms. The lowest BCUT2D eigenvalue weighted by Gasteiger charge is -2.12. The van der Waals surface area contributed by atoms with Crippen LogP contribution in [-0.2, 0) is 11.4 Å². The molecule has 6 heteroatoms. The van der Waals surface area contributed by atoms with Crippen LogP contribution in [0.5, 0.6) is 11.5 Å². The molecule has 0 aromatic heterocycles. The Labute approximate surface area is 174 Å². The van der Waals surface area contributed by atoms with Gasteiger partial charge in [0.25, 0.3) is 5.91 Å². The van der Waals surface area contributed by atoms with E-state index in [1.807, 2.05) is 36.4 Å². The number of ether oxygens (including phenoxy) is 2. The Morgan fingerprint density at radius 2 is 1.60 bits per heavy atom. The number of imide groups is 1. The van der Waals surface area contributed by atoms with E-state index in [0.717, 1.165) is 10.5 Å². The second-order valence-corrected chi connectivity index (χ2v) is 6.65. The average Bonchev–Trinajstić information content (AvgIpc) is 3.06. The first kappa shape index (κ1) is 19.3. The molecule has 150 valence electrons. The van der Waals surface area contributed by atoms with E-state index in [-0.39, 0.29) is 5.70 Å². The maximum absolute atomic E-state index is 12.7. The second kappa shape index (κ2) is 8.53. The summed E-state index contributed by atoms with van der Waals surface area (Å²) in [4.78, 5) is 26.1. The zero-order valence-electron chi connectivity index (χ0n) is 16.4. The van der Waals surface area contributed by atoms with Crippen molar-refractivity contribution in [1.29, 1.82) is 0 Å². The van der Waals surface area contributed by atoms with Crippen molar-refractivity contribution in [1.82, 2.24) is 5.32 Å². The molecule has 0 saturated carbocycles. The van der Waals surface area contributed by atoms with Gasteiger partial charge in [-0.2, -0.15) is 0 Å². The highest BCUT2D eigenvalue weighted by Gasteiger charge is 2.34. The van der Waals surface area contributed by atoms with Crippen LogP contribution in [0, 0.1) is 0 Å². The van der Waals surface area contributed by atoms with Gasteiger partial charge in [0, 0.05) is 0 Å². The van der Waals surface area contributed by atoms with Gasteiger partial charge in [-0.3, -0.25) is 4.79 Å². The summed E-state index contributed by atoms with van der Waals surface area (Å²) in [5.74, 6) is 0.725. The molecule has 30 heavy (non-hydrogen) atoms. The van der Waals surface area contributed by atoms with Crippen LogP contribution in [0.15, 0.2) is 84.6 Å². The molecule has 1 fully saturated rings. The monoisotopic (exact) mass is 400 g/mol. The first-order valence-electron chi connectivity index (χ1n) is 9.42.